The molecule has 0 atom stereocenters. The van der Waals surface area contributed by atoms with Crippen LogP contribution in [0.4, 0.5) is 0 Å². The molecular weight excluding hydrogens is 322 g/mol. The first-order valence-electron chi connectivity index (χ1n) is 6.67. The summed E-state index contributed by atoms with van der Waals surface area (Å²) in [5, 5.41) is 2.45. The quantitative estimate of drug-likeness (QED) is 0.591. The van der Waals surface area contributed by atoms with Gasteiger partial charge in [0.15, 0.2) is 0 Å². The normalized spacial score (nSPS) is 11.0. The number of carbonyl (C=O) groups is 1. The van der Waals surface area contributed by atoms with Gasteiger partial charge < -0.3 is 14.8 Å². The molecule has 0 aliphatic heterocycles. The SMILES string of the molecule is C#CCNC(=O)c1cc(S(=O)(=O)OC(C)C)c(OC)cc1OC. The van der Waals surface area contributed by atoms with Crippen LogP contribution in [-0.2, 0) is 14.3 Å². The highest BCUT2D eigenvalue weighted by molar-refractivity contribution is 7.86. The van der Waals surface area contributed by atoms with Crippen molar-refractivity contribution in [3.8, 4) is 23.8 Å². The van der Waals surface area contributed by atoms with Gasteiger partial charge in [-0.2, -0.15) is 8.42 Å². The molecule has 0 aliphatic carbocycles. The summed E-state index contributed by atoms with van der Waals surface area (Å²) < 4.78 is 39.7. The van der Waals surface area contributed by atoms with Gasteiger partial charge in [0.1, 0.15) is 16.4 Å². The van der Waals surface area contributed by atoms with Crippen molar-refractivity contribution in [2.75, 3.05) is 20.8 Å². The first kappa shape index (κ1) is 18.8. The Morgan fingerprint density at radius 3 is 2.35 bits per heavy atom. The Bertz CT molecular complexity index is 718. The predicted octanol–water partition coefficient (Wildman–Crippen LogP) is 1.18. The zero-order valence-electron chi connectivity index (χ0n) is 13.4. The molecule has 1 N–H and O–H groups in total. The lowest BCUT2D eigenvalue weighted by molar-refractivity contribution is 0.0955. The molecule has 0 saturated carbocycles. The minimum Gasteiger partial charge on any atom is -0.496 e. The second-order valence-electron chi connectivity index (χ2n) is 4.69. The summed E-state index contributed by atoms with van der Waals surface area (Å²) in [6.45, 7) is 3.15. The molecule has 0 spiro atoms. The van der Waals surface area contributed by atoms with Crippen molar-refractivity contribution >= 4 is 16.0 Å². The smallest absolute Gasteiger partial charge is 0.300 e. The summed E-state index contributed by atoms with van der Waals surface area (Å²) >= 11 is 0. The van der Waals surface area contributed by atoms with Crippen LogP contribution in [0.15, 0.2) is 17.0 Å². The first-order valence-corrected chi connectivity index (χ1v) is 8.08. The fourth-order valence-electron chi connectivity index (χ4n) is 1.77. The average molecular weight is 341 g/mol. The summed E-state index contributed by atoms with van der Waals surface area (Å²) in [6, 6.07) is 2.45. The fraction of sp³-hybridized carbons (Fsp3) is 0.400. The van der Waals surface area contributed by atoms with Gasteiger partial charge in [-0.3, -0.25) is 8.98 Å². The molecule has 8 heteroatoms. The summed E-state index contributed by atoms with van der Waals surface area (Å²) in [6.07, 6.45) is 4.53. The molecule has 0 heterocycles. The summed E-state index contributed by atoms with van der Waals surface area (Å²) in [5.74, 6) is 1.86. The van der Waals surface area contributed by atoms with Crippen LogP contribution >= 0.6 is 0 Å². The van der Waals surface area contributed by atoms with Crippen molar-refractivity contribution in [1.29, 1.82) is 0 Å². The number of terminal acetylenes is 1. The maximum absolute atomic E-state index is 12.3. The van der Waals surface area contributed by atoms with Crippen molar-refractivity contribution in [2.45, 2.75) is 24.8 Å². The van der Waals surface area contributed by atoms with Crippen LogP contribution in [0.5, 0.6) is 11.5 Å². The van der Waals surface area contributed by atoms with Gasteiger partial charge in [-0.25, -0.2) is 0 Å². The van der Waals surface area contributed by atoms with Crippen LogP contribution in [0, 0.1) is 12.3 Å². The Morgan fingerprint density at radius 1 is 1.26 bits per heavy atom. The number of nitrogens with one attached hydrogen (secondary N) is 1. The van der Waals surface area contributed by atoms with Gasteiger partial charge in [0.05, 0.1) is 32.4 Å². The first-order chi connectivity index (χ1) is 10.8. The topological polar surface area (TPSA) is 90.9 Å². The lowest BCUT2D eigenvalue weighted by atomic mass is 10.1. The lowest BCUT2D eigenvalue weighted by Gasteiger charge is -2.15. The van der Waals surface area contributed by atoms with E-state index in [1.165, 1.54) is 20.3 Å². The van der Waals surface area contributed by atoms with Crippen molar-refractivity contribution in [2.24, 2.45) is 0 Å². The number of ether oxygens (including phenoxy) is 2. The molecule has 1 amide bonds. The largest absolute Gasteiger partial charge is 0.496 e. The van der Waals surface area contributed by atoms with E-state index in [4.69, 9.17) is 20.1 Å². The summed E-state index contributed by atoms with van der Waals surface area (Å²) in [4.78, 5) is 11.9. The van der Waals surface area contributed by atoms with Gasteiger partial charge in [-0.1, -0.05) is 5.92 Å². The number of carbonyl (C=O) groups excluding carboxylic acids is 1. The van der Waals surface area contributed by atoms with E-state index >= 15 is 0 Å². The lowest BCUT2D eigenvalue weighted by Crippen LogP contribution is -2.24. The zero-order valence-corrected chi connectivity index (χ0v) is 14.2. The second-order valence-corrected chi connectivity index (χ2v) is 6.23. The number of benzene rings is 1. The molecular formula is C15H19NO6S. The van der Waals surface area contributed by atoms with Gasteiger partial charge in [-0.05, 0) is 19.9 Å². The standard InChI is InChI=1S/C15H19NO6S/c1-6-7-16-15(17)11-8-14(23(18,19)22-10(2)3)13(21-5)9-12(11)20-4/h1,8-10H,7H2,2-5H3,(H,16,17). The summed E-state index contributed by atoms with van der Waals surface area (Å²) in [7, 11) is -1.45. The van der Waals surface area contributed by atoms with E-state index in [1.807, 2.05) is 0 Å². The third-order valence-electron chi connectivity index (χ3n) is 2.67. The van der Waals surface area contributed by atoms with Crippen molar-refractivity contribution in [3.63, 3.8) is 0 Å². The zero-order chi connectivity index (χ0) is 17.6. The molecule has 1 aromatic carbocycles. The van der Waals surface area contributed by atoms with Crippen LogP contribution in [0.2, 0.25) is 0 Å². The van der Waals surface area contributed by atoms with Gasteiger partial charge in [0, 0.05) is 6.07 Å². The maximum atomic E-state index is 12.3. The van der Waals surface area contributed by atoms with Gasteiger partial charge in [0.25, 0.3) is 5.91 Å². The van der Waals surface area contributed by atoms with Crippen LogP contribution in [-0.4, -0.2) is 41.2 Å². The molecule has 1 rings (SSSR count). The number of methoxy groups -OCH3 is 2. The molecule has 0 unspecified atom stereocenters. The Morgan fingerprint density at radius 2 is 1.87 bits per heavy atom. The van der Waals surface area contributed by atoms with Crippen molar-refractivity contribution in [1.82, 2.24) is 5.32 Å². The van der Waals surface area contributed by atoms with E-state index < -0.39 is 22.1 Å². The fourth-order valence-corrected chi connectivity index (χ4v) is 3.04. The summed E-state index contributed by atoms with van der Waals surface area (Å²) in [5.41, 5.74) is 0.00878. The molecule has 0 radical (unpaired) electrons. The maximum Gasteiger partial charge on any atom is 0.300 e. The predicted molar refractivity (Wildman–Crippen MR) is 84.1 cm³/mol. The highest BCUT2D eigenvalue weighted by Gasteiger charge is 2.26. The van der Waals surface area contributed by atoms with E-state index in [-0.39, 0.29) is 28.5 Å². The van der Waals surface area contributed by atoms with E-state index in [0.717, 1.165) is 6.07 Å². The Balaban J connectivity index is 3.47. The molecule has 7 nitrogen and oxygen atoms in total. The van der Waals surface area contributed by atoms with Gasteiger partial charge in [0.2, 0.25) is 0 Å². The highest BCUT2D eigenvalue weighted by Crippen LogP contribution is 2.33. The van der Waals surface area contributed by atoms with Crippen molar-refractivity contribution < 1.29 is 26.9 Å². The number of amides is 1. The van der Waals surface area contributed by atoms with E-state index in [2.05, 4.69) is 11.2 Å². The van der Waals surface area contributed by atoms with E-state index in [0.29, 0.717) is 0 Å². The second kappa shape index (κ2) is 7.85. The Kier molecular flexibility index (Phi) is 6.42. The molecule has 0 bridgehead atoms. The minimum absolute atomic E-state index is 0.00139. The molecule has 0 aromatic heterocycles. The van der Waals surface area contributed by atoms with Crippen LogP contribution < -0.4 is 14.8 Å². The number of rotatable bonds is 7. The molecule has 1 aromatic rings. The molecule has 126 valence electrons. The van der Waals surface area contributed by atoms with Crippen LogP contribution in [0.1, 0.15) is 24.2 Å². The number of hydrogen-bond acceptors (Lipinski definition) is 6. The average Bonchev–Trinajstić information content (AvgIpc) is 2.49. The Labute approximate surface area is 136 Å². The highest BCUT2D eigenvalue weighted by atomic mass is 32.2. The molecule has 0 saturated heterocycles. The number of hydrogen-bond donors (Lipinski definition) is 1. The van der Waals surface area contributed by atoms with Gasteiger partial charge in [-0.15, -0.1) is 6.42 Å². The van der Waals surface area contributed by atoms with Crippen molar-refractivity contribution in [3.05, 3.63) is 17.7 Å². The van der Waals surface area contributed by atoms with Crippen LogP contribution in [0.3, 0.4) is 0 Å². The van der Waals surface area contributed by atoms with Gasteiger partial charge >= 0.3 is 10.1 Å². The molecule has 23 heavy (non-hydrogen) atoms. The Hall–Kier alpha value is -2.24. The third-order valence-corrected chi connectivity index (χ3v) is 4.17. The molecule has 0 fully saturated rings. The van der Waals surface area contributed by atoms with E-state index in [9.17, 15) is 13.2 Å². The third kappa shape index (κ3) is 4.61. The monoisotopic (exact) mass is 341 g/mol. The molecule has 0 aliphatic rings. The minimum atomic E-state index is -4.10. The van der Waals surface area contributed by atoms with Crippen LogP contribution in [0.25, 0.3) is 0 Å². The van der Waals surface area contributed by atoms with E-state index in [1.54, 1.807) is 13.8 Å².